The fourth-order valence-electron chi connectivity index (χ4n) is 3.12. The molecular weight excluding hydrogens is 359 g/mol. The van der Waals surface area contributed by atoms with E-state index in [2.05, 4.69) is 27.5 Å². The summed E-state index contributed by atoms with van der Waals surface area (Å²) in [6.07, 6.45) is 2.38. The quantitative estimate of drug-likeness (QED) is 0.499. The molecule has 0 saturated heterocycles. The van der Waals surface area contributed by atoms with Crippen LogP contribution < -0.4 is 5.32 Å². The summed E-state index contributed by atoms with van der Waals surface area (Å²) in [5.74, 6) is -0.0900. The molecule has 28 heavy (non-hydrogen) atoms. The van der Waals surface area contributed by atoms with Crippen molar-refractivity contribution in [2.24, 2.45) is 0 Å². The second kappa shape index (κ2) is 7.56. The number of hydrogen-bond acceptors (Lipinski definition) is 4. The molecule has 4 aromatic rings. The van der Waals surface area contributed by atoms with Gasteiger partial charge in [0, 0.05) is 18.3 Å². The van der Waals surface area contributed by atoms with Gasteiger partial charge in [0.2, 0.25) is 0 Å². The van der Waals surface area contributed by atoms with Crippen molar-refractivity contribution in [1.82, 2.24) is 14.6 Å². The molecule has 0 spiro atoms. The molecule has 6 nitrogen and oxygen atoms in total. The fourth-order valence-corrected chi connectivity index (χ4v) is 3.12. The minimum Gasteiger partial charge on any atom is -0.465 e. The molecule has 0 amide bonds. The molecule has 0 atom stereocenters. The van der Waals surface area contributed by atoms with Crippen LogP contribution in [0, 0.1) is 5.82 Å². The highest BCUT2D eigenvalue weighted by molar-refractivity contribution is 5.97. The Hall–Kier alpha value is -3.61. The standard InChI is InChI=1S/C21H19FN4O2/c1-28-21(27)17-13-24-26-19(17)25-18(15-7-9-16(22)10-8-15)20(26)23-12-11-14-5-3-2-4-6-14/h2-10,13,23-24H,11-12H2,1H3. The van der Waals surface area contributed by atoms with Gasteiger partial charge in [0.05, 0.1) is 7.11 Å². The predicted octanol–water partition coefficient (Wildman–Crippen LogP) is 3.91. The van der Waals surface area contributed by atoms with Crippen LogP contribution in [0.3, 0.4) is 0 Å². The Bertz CT molecular complexity index is 1100. The number of esters is 1. The molecule has 0 fully saturated rings. The number of benzene rings is 2. The molecule has 2 aromatic heterocycles. The number of aromatic amines is 1. The minimum absolute atomic E-state index is 0.317. The Balaban J connectivity index is 1.71. The third kappa shape index (κ3) is 3.34. The Morgan fingerprint density at radius 3 is 2.64 bits per heavy atom. The van der Waals surface area contributed by atoms with E-state index in [1.165, 1.54) is 24.8 Å². The van der Waals surface area contributed by atoms with Gasteiger partial charge in [-0.15, -0.1) is 0 Å². The number of nitrogens with zero attached hydrogens (tertiary/aromatic N) is 2. The lowest BCUT2D eigenvalue weighted by atomic mass is 10.1. The fraction of sp³-hybridized carbons (Fsp3) is 0.143. The summed E-state index contributed by atoms with van der Waals surface area (Å²) in [4.78, 5) is 16.6. The Labute approximate surface area is 161 Å². The first kappa shape index (κ1) is 17.8. The van der Waals surface area contributed by atoms with Gasteiger partial charge in [0.1, 0.15) is 17.1 Å². The summed E-state index contributed by atoms with van der Waals surface area (Å²) in [5, 5.41) is 6.43. The van der Waals surface area contributed by atoms with Crippen LogP contribution in [0.2, 0.25) is 0 Å². The number of imidazole rings is 1. The number of methoxy groups -OCH3 is 1. The van der Waals surface area contributed by atoms with E-state index in [0.717, 1.165) is 12.0 Å². The van der Waals surface area contributed by atoms with E-state index in [1.54, 1.807) is 22.8 Å². The van der Waals surface area contributed by atoms with Gasteiger partial charge in [-0.25, -0.2) is 18.7 Å². The molecule has 0 aliphatic heterocycles. The average molecular weight is 378 g/mol. The first-order valence-corrected chi connectivity index (χ1v) is 8.89. The zero-order valence-corrected chi connectivity index (χ0v) is 15.3. The Morgan fingerprint density at radius 1 is 1.18 bits per heavy atom. The second-order valence-electron chi connectivity index (χ2n) is 6.32. The average Bonchev–Trinajstić information content (AvgIpc) is 3.29. The Morgan fingerprint density at radius 2 is 1.93 bits per heavy atom. The summed E-state index contributed by atoms with van der Waals surface area (Å²) < 4.78 is 19.9. The summed E-state index contributed by atoms with van der Waals surface area (Å²) >= 11 is 0. The second-order valence-corrected chi connectivity index (χ2v) is 6.32. The molecule has 0 aliphatic carbocycles. The van der Waals surface area contributed by atoms with Gasteiger partial charge < -0.3 is 10.1 Å². The first-order valence-electron chi connectivity index (χ1n) is 8.89. The monoisotopic (exact) mass is 378 g/mol. The van der Waals surface area contributed by atoms with E-state index < -0.39 is 5.97 Å². The largest absolute Gasteiger partial charge is 0.465 e. The van der Waals surface area contributed by atoms with Crippen molar-refractivity contribution in [3.8, 4) is 11.3 Å². The van der Waals surface area contributed by atoms with Crippen molar-refractivity contribution in [1.29, 1.82) is 0 Å². The topological polar surface area (TPSA) is 71.4 Å². The van der Waals surface area contributed by atoms with Gasteiger partial charge in [-0.2, -0.15) is 0 Å². The van der Waals surface area contributed by atoms with Crippen molar-refractivity contribution in [2.75, 3.05) is 19.0 Å². The molecule has 0 unspecified atom stereocenters. The van der Waals surface area contributed by atoms with Gasteiger partial charge in [-0.1, -0.05) is 30.3 Å². The van der Waals surface area contributed by atoms with Crippen molar-refractivity contribution in [3.05, 3.63) is 77.7 Å². The molecule has 0 radical (unpaired) electrons. The van der Waals surface area contributed by atoms with Gasteiger partial charge in [0.25, 0.3) is 0 Å². The van der Waals surface area contributed by atoms with E-state index in [1.807, 2.05) is 18.2 Å². The number of carbonyl (C=O) groups excluding carboxylic acids is 1. The number of anilines is 1. The third-order valence-corrected chi connectivity index (χ3v) is 4.53. The van der Waals surface area contributed by atoms with Gasteiger partial charge in [0.15, 0.2) is 11.5 Å². The number of rotatable bonds is 6. The Kier molecular flexibility index (Phi) is 4.80. The van der Waals surface area contributed by atoms with E-state index in [-0.39, 0.29) is 5.82 Å². The molecule has 2 aromatic carbocycles. The lowest BCUT2D eigenvalue weighted by molar-refractivity contribution is 0.0602. The van der Waals surface area contributed by atoms with Crippen LogP contribution >= 0.6 is 0 Å². The molecule has 7 heteroatoms. The minimum atomic E-state index is -0.474. The maximum atomic E-state index is 13.3. The number of fused-ring (bicyclic) bond motifs is 1. The number of ether oxygens (including phenoxy) is 1. The number of nitrogens with one attached hydrogen (secondary N) is 2. The van der Waals surface area contributed by atoms with Crippen LogP contribution in [0.15, 0.2) is 60.8 Å². The lowest BCUT2D eigenvalue weighted by Crippen LogP contribution is -2.08. The summed E-state index contributed by atoms with van der Waals surface area (Å²) in [6, 6.07) is 16.2. The van der Waals surface area contributed by atoms with Crippen LogP contribution in [0.4, 0.5) is 10.2 Å². The van der Waals surface area contributed by atoms with Crippen molar-refractivity contribution < 1.29 is 13.9 Å². The van der Waals surface area contributed by atoms with Crippen molar-refractivity contribution in [2.45, 2.75) is 6.42 Å². The van der Waals surface area contributed by atoms with Gasteiger partial charge in [-0.05, 0) is 36.2 Å². The van der Waals surface area contributed by atoms with Gasteiger partial charge in [-0.3, -0.25) is 5.10 Å². The molecule has 2 N–H and O–H groups in total. The summed E-state index contributed by atoms with van der Waals surface area (Å²) in [6.45, 7) is 0.665. The SMILES string of the molecule is COC(=O)c1c[nH]n2c(NCCc3ccccc3)c(-c3ccc(F)cc3)nc12. The number of halogens is 1. The van der Waals surface area contributed by atoms with E-state index in [9.17, 15) is 9.18 Å². The number of carbonyl (C=O) groups is 1. The summed E-state index contributed by atoms with van der Waals surface area (Å²) in [5.41, 5.74) is 3.37. The van der Waals surface area contributed by atoms with E-state index >= 15 is 0 Å². The number of hydrogen-bond donors (Lipinski definition) is 2. The van der Waals surface area contributed by atoms with Crippen LogP contribution in [-0.4, -0.2) is 34.2 Å². The third-order valence-electron chi connectivity index (χ3n) is 4.53. The molecule has 142 valence electrons. The molecule has 0 saturated carbocycles. The predicted molar refractivity (Wildman–Crippen MR) is 105 cm³/mol. The van der Waals surface area contributed by atoms with Crippen molar-refractivity contribution >= 4 is 17.4 Å². The van der Waals surface area contributed by atoms with E-state index in [0.29, 0.717) is 29.3 Å². The van der Waals surface area contributed by atoms with Crippen LogP contribution in [0.5, 0.6) is 0 Å². The zero-order chi connectivity index (χ0) is 19.5. The van der Waals surface area contributed by atoms with Crippen LogP contribution in [0.1, 0.15) is 15.9 Å². The zero-order valence-electron chi connectivity index (χ0n) is 15.3. The van der Waals surface area contributed by atoms with Crippen LogP contribution in [-0.2, 0) is 11.2 Å². The van der Waals surface area contributed by atoms with Gasteiger partial charge >= 0.3 is 5.97 Å². The highest BCUT2D eigenvalue weighted by Crippen LogP contribution is 2.30. The number of aromatic nitrogens is 3. The highest BCUT2D eigenvalue weighted by Gasteiger charge is 2.21. The first-order chi connectivity index (χ1) is 13.7. The highest BCUT2D eigenvalue weighted by atomic mass is 19.1. The number of H-pyrrole nitrogens is 1. The van der Waals surface area contributed by atoms with Crippen LogP contribution in [0.25, 0.3) is 16.9 Å². The normalized spacial score (nSPS) is 10.9. The maximum Gasteiger partial charge on any atom is 0.343 e. The molecule has 4 rings (SSSR count). The lowest BCUT2D eigenvalue weighted by Gasteiger charge is -2.08. The summed E-state index contributed by atoms with van der Waals surface area (Å²) in [7, 11) is 1.33. The molecule has 2 heterocycles. The smallest absolute Gasteiger partial charge is 0.343 e. The van der Waals surface area contributed by atoms with E-state index in [4.69, 9.17) is 4.74 Å². The molecular formula is C21H19FN4O2. The molecule has 0 aliphatic rings. The van der Waals surface area contributed by atoms with Crippen molar-refractivity contribution in [3.63, 3.8) is 0 Å². The molecule has 0 bridgehead atoms. The maximum absolute atomic E-state index is 13.3.